The largest absolute Gasteiger partial charge is 0.419 e. The molecule has 0 radical (unpaired) electrons. The first kappa shape index (κ1) is 13.1. The molecule has 98 valence electrons. The molecule has 0 aliphatic rings. The molecule has 0 atom stereocenters. The number of rotatable bonds is 2. The van der Waals surface area contributed by atoms with E-state index in [-0.39, 0.29) is 11.4 Å². The van der Waals surface area contributed by atoms with E-state index in [2.05, 4.69) is 9.97 Å². The normalized spacial score (nSPS) is 11.4. The van der Waals surface area contributed by atoms with Crippen LogP contribution in [0, 0.1) is 5.82 Å². The van der Waals surface area contributed by atoms with Gasteiger partial charge in [-0.05, 0) is 18.2 Å². The number of hydrogen-bond donors (Lipinski definition) is 0. The highest BCUT2D eigenvalue weighted by atomic mass is 19.4. The summed E-state index contributed by atoms with van der Waals surface area (Å²) in [6.45, 7) is 0. The molecule has 1 heterocycles. The smallest absolute Gasteiger partial charge is 0.285 e. The van der Waals surface area contributed by atoms with Gasteiger partial charge in [-0.3, -0.25) is 4.79 Å². The standard InChI is InChI=1S/C12H6F4N2O/c13-9-6-7(2-3-8(9)12(14,15)16)10(19)11-17-4-1-5-18-11/h1-6H. The molecule has 7 heteroatoms. The maximum atomic E-state index is 13.3. The number of carbonyl (C=O) groups is 1. The van der Waals surface area contributed by atoms with Crippen LogP contribution in [0.25, 0.3) is 0 Å². The van der Waals surface area contributed by atoms with Crippen LogP contribution in [-0.4, -0.2) is 15.8 Å². The van der Waals surface area contributed by atoms with Gasteiger partial charge in [-0.15, -0.1) is 0 Å². The minimum absolute atomic E-state index is 0.207. The number of halogens is 4. The Morgan fingerprint density at radius 1 is 1.11 bits per heavy atom. The van der Waals surface area contributed by atoms with Crippen LogP contribution in [0.15, 0.2) is 36.7 Å². The molecule has 2 aromatic rings. The third-order valence-electron chi connectivity index (χ3n) is 2.31. The second-order valence-electron chi connectivity index (χ2n) is 3.59. The van der Waals surface area contributed by atoms with E-state index in [0.29, 0.717) is 12.1 Å². The summed E-state index contributed by atoms with van der Waals surface area (Å²) in [4.78, 5) is 19.1. The number of aromatic nitrogens is 2. The van der Waals surface area contributed by atoms with Gasteiger partial charge in [0.25, 0.3) is 0 Å². The van der Waals surface area contributed by atoms with Gasteiger partial charge in [0.1, 0.15) is 5.82 Å². The maximum Gasteiger partial charge on any atom is 0.419 e. The average Bonchev–Trinajstić information content (AvgIpc) is 2.37. The molecule has 19 heavy (non-hydrogen) atoms. The van der Waals surface area contributed by atoms with Gasteiger partial charge in [-0.1, -0.05) is 6.07 Å². The molecule has 0 bridgehead atoms. The number of nitrogens with zero attached hydrogens (tertiary/aromatic N) is 2. The Labute approximate surface area is 104 Å². The molecule has 0 aliphatic heterocycles. The van der Waals surface area contributed by atoms with Crippen molar-refractivity contribution in [1.29, 1.82) is 0 Å². The van der Waals surface area contributed by atoms with Crippen molar-refractivity contribution in [2.24, 2.45) is 0 Å². The van der Waals surface area contributed by atoms with E-state index in [4.69, 9.17) is 0 Å². The predicted molar refractivity (Wildman–Crippen MR) is 56.9 cm³/mol. The molecule has 0 spiro atoms. The van der Waals surface area contributed by atoms with Gasteiger partial charge in [0.05, 0.1) is 5.56 Å². The van der Waals surface area contributed by atoms with Crippen LogP contribution >= 0.6 is 0 Å². The number of benzene rings is 1. The van der Waals surface area contributed by atoms with Gasteiger partial charge in [-0.2, -0.15) is 13.2 Å². The monoisotopic (exact) mass is 270 g/mol. The Morgan fingerprint density at radius 3 is 2.26 bits per heavy atom. The van der Waals surface area contributed by atoms with Crippen molar-refractivity contribution in [2.75, 3.05) is 0 Å². The summed E-state index contributed by atoms with van der Waals surface area (Å²) in [5.41, 5.74) is -1.66. The van der Waals surface area contributed by atoms with E-state index >= 15 is 0 Å². The zero-order valence-electron chi connectivity index (χ0n) is 9.28. The molecule has 0 aliphatic carbocycles. The summed E-state index contributed by atoms with van der Waals surface area (Å²) < 4.78 is 50.4. The molecule has 3 nitrogen and oxygen atoms in total. The van der Waals surface area contributed by atoms with E-state index < -0.39 is 23.3 Å². The Balaban J connectivity index is 2.38. The van der Waals surface area contributed by atoms with Crippen molar-refractivity contribution in [1.82, 2.24) is 9.97 Å². The highest BCUT2D eigenvalue weighted by Gasteiger charge is 2.34. The third kappa shape index (κ3) is 2.75. The predicted octanol–water partition coefficient (Wildman–Crippen LogP) is 2.87. The molecule has 1 aromatic carbocycles. The number of ketones is 1. The number of alkyl halides is 3. The summed E-state index contributed by atoms with van der Waals surface area (Å²) in [5.74, 6) is -2.45. The van der Waals surface area contributed by atoms with E-state index in [1.165, 1.54) is 18.5 Å². The van der Waals surface area contributed by atoms with Gasteiger partial charge in [0, 0.05) is 18.0 Å². The molecule has 1 aromatic heterocycles. The summed E-state index contributed by atoms with van der Waals surface area (Å²) in [7, 11) is 0. The minimum atomic E-state index is -4.80. The van der Waals surface area contributed by atoms with Gasteiger partial charge >= 0.3 is 6.18 Å². The SMILES string of the molecule is O=C(c1ccc(C(F)(F)F)c(F)c1)c1ncccn1. The highest BCUT2D eigenvalue weighted by molar-refractivity contribution is 6.06. The van der Waals surface area contributed by atoms with Crippen molar-refractivity contribution in [3.8, 4) is 0 Å². The van der Waals surface area contributed by atoms with Gasteiger partial charge < -0.3 is 0 Å². The Bertz CT molecular complexity index is 611. The van der Waals surface area contributed by atoms with Crippen LogP contribution in [0.5, 0.6) is 0 Å². The van der Waals surface area contributed by atoms with Crippen molar-refractivity contribution < 1.29 is 22.4 Å². The molecule has 0 fully saturated rings. The van der Waals surface area contributed by atoms with E-state index in [0.717, 1.165) is 6.07 Å². The summed E-state index contributed by atoms with van der Waals surface area (Å²) in [6, 6.07) is 3.42. The topological polar surface area (TPSA) is 42.9 Å². The molecule has 0 unspecified atom stereocenters. The molecule has 2 rings (SSSR count). The van der Waals surface area contributed by atoms with E-state index in [9.17, 15) is 22.4 Å². The second kappa shape index (κ2) is 4.75. The zero-order chi connectivity index (χ0) is 14.0. The third-order valence-corrected chi connectivity index (χ3v) is 2.31. The van der Waals surface area contributed by atoms with Crippen LogP contribution in [0.3, 0.4) is 0 Å². The minimum Gasteiger partial charge on any atom is -0.285 e. The van der Waals surface area contributed by atoms with Crippen LogP contribution in [0.2, 0.25) is 0 Å². The van der Waals surface area contributed by atoms with Crippen LogP contribution in [-0.2, 0) is 6.18 Å². The van der Waals surface area contributed by atoms with Crippen molar-refractivity contribution in [3.05, 3.63) is 59.4 Å². The zero-order valence-corrected chi connectivity index (χ0v) is 9.28. The lowest BCUT2D eigenvalue weighted by Gasteiger charge is -2.08. The lowest BCUT2D eigenvalue weighted by molar-refractivity contribution is -0.140. The molecular weight excluding hydrogens is 264 g/mol. The Hall–Kier alpha value is -2.31. The summed E-state index contributed by atoms with van der Waals surface area (Å²) >= 11 is 0. The van der Waals surface area contributed by atoms with Crippen molar-refractivity contribution in [3.63, 3.8) is 0 Å². The first-order valence-electron chi connectivity index (χ1n) is 5.08. The Morgan fingerprint density at radius 2 is 1.74 bits per heavy atom. The summed E-state index contributed by atoms with van der Waals surface area (Å²) in [6.07, 6.45) is -2.18. The average molecular weight is 270 g/mol. The fourth-order valence-electron chi connectivity index (χ4n) is 1.43. The lowest BCUT2D eigenvalue weighted by Crippen LogP contribution is -2.11. The fraction of sp³-hybridized carbons (Fsp3) is 0.0833. The van der Waals surface area contributed by atoms with E-state index in [1.807, 2.05) is 0 Å². The highest BCUT2D eigenvalue weighted by Crippen LogP contribution is 2.31. The number of carbonyl (C=O) groups excluding carboxylic acids is 1. The first-order valence-corrected chi connectivity index (χ1v) is 5.08. The van der Waals surface area contributed by atoms with Gasteiger partial charge in [-0.25, -0.2) is 14.4 Å². The molecule has 0 amide bonds. The van der Waals surface area contributed by atoms with Crippen molar-refractivity contribution >= 4 is 5.78 Å². The summed E-state index contributed by atoms with van der Waals surface area (Å²) in [5, 5.41) is 0. The second-order valence-corrected chi connectivity index (χ2v) is 3.59. The van der Waals surface area contributed by atoms with Gasteiger partial charge in [0.2, 0.25) is 11.6 Å². The van der Waals surface area contributed by atoms with Crippen LogP contribution in [0.4, 0.5) is 17.6 Å². The molecular formula is C12H6F4N2O. The van der Waals surface area contributed by atoms with Gasteiger partial charge in [0.15, 0.2) is 0 Å². The van der Waals surface area contributed by atoms with Crippen molar-refractivity contribution in [2.45, 2.75) is 6.18 Å². The van der Waals surface area contributed by atoms with Crippen LogP contribution < -0.4 is 0 Å². The molecule has 0 saturated heterocycles. The quantitative estimate of drug-likeness (QED) is 0.622. The number of hydrogen-bond acceptors (Lipinski definition) is 3. The maximum absolute atomic E-state index is 13.3. The van der Waals surface area contributed by atoms with E-state index in [1.54, 1.807) is 0 Å². The first-order chi connectivity index (χ1) is 8.89. The lowest BCUT2D eigenvalue weighted by atomic mass is 10.1. The Kier molecular flexibility index (Phi) is 3.28. The molecule has 0 N–H and O–H groups in total. The molecule has 0 saturated carbocycles. The fourth-order valence-corrected chi connectivity index (χ4v) is 1.43. The van der Waals surface area contributed by atoms with Crippen LogP contribution in [0.1, 0.15) is 21.7 Å².